The van der Waals surface area contributed by atoms with E-state index in [0.717, 1.165) is 24.1 Å². The lowest BCUT2D eigenvalue weighted by molar-refractivity contribution is 0.625. The topological polar surface area (TPSA) is 50.5 Å². The number of fused-ring (bicyclic) bond motifs is 1. The number of benzene rings is 1. The van der Waals surface area contributed by atoms with Crippen molar-refractivity contribution in [3.63, 3.8) is 0 Å². The van der Waals surface area contributed by atoms with Gasteiger partial charge >= 0.3 is 0 Å². The van der Waals surface area contributed by atoms with Gasteiger partial charge in [-0.1, -0.05) is 42.3 Å². The highest BCUT2D eigenvalue weighted by atomic mass is 35.5. The fourth-order valence-corrected chi connectivity index (χ4v) is 3.37. The minimum atomic E-state index is -0.450. The quantitative estimate of drug-likeness (QED) is 0.693. The van der Waals surface area contributed by atoms with Crippen molar-refractivity contribution < 1.29 is 4.39 Å². The fraction of sp³-hybridized carbons (Fsp3) is 0.312. The van der Waals surface area contributed by atoms with Crippen molar-refractivity contribution in [1.82, 2.24) is 14.6 Å². The van der Waals surface area contributed by atoms with Crippen LogP contribution in [0, 0.1) is 5.82 Å². The van der Waals surface area contributed by atoms with Gasteiger partial charge in [-0.15, -0.1) is 5.10 Å². The zero-order chi connectivity index (χ0) is 17.3. The molecule has 0 aliphatic heterocycles. The maximum Gasteiger partial charge on any atom is 0.275 e. The van der Waals surface area contributed by atoms with Crippen molar-refractivity contribution in [3.05, 3.63) is 56.7 Å². The zero-order valence-corrected chi connectivity index (χ0v) is 14.9. The second-order valence-electron chi connectivity index (χ2n) is 5.52. The molecule has 3 rings (SSSR count). The van der Waals surface area contributed by atoms with Gasteiger partial charge in [0, 0.05) is 25.4 Å². The Morgan fingerprint density at radius 2 is 2.17 bits per heavy atom. The lowest BCUT2D eigenvalue weighted by Crippen LogP contribution is -2.19. The first-order valence-electron chi connectivity index (χ1n) is 7.53. The summed E-state index contributed by atoms with van der Waals surface area (Å²) in [6.07, 6.45) is 1.69. The molecule has 0 saturated heterocycles. The van der Waals surface area contributed by atoms with E-state index in [1.165, 1.54) is 34.1 Å². The number of rotatable bonds is 5. The van der Waals surface area contributed by atoms with E-state index in [-0.39, 0.29) is 10.6 Å². The molecule has 0 aliphatic carbocycles. The number of halogens is 2. The van der Waals surface area contributed by atoms with Crippen LogP contribution in [0.2, 0.25) is 5.02 Å². The van der Waals surface area contributed by atoms with E-state index in [9.17, 15) is 9.18 Å². The number of nitrogens with zero attached hydrogens (tertiary/aromatic N) is 4. The van der Waals surface area contributed by atoms with E-state index >= 15 is 0 Å². The van der Waals surface area contributed by atoms with Gasteiger partial charge in [-0.25, -0.2) is 9.37 Å². The molecule has 3 aromatic rings. The number of aryl methyl sites for hydroxylation is 1. The molecule has 0 N–H and O–H groups in total. The van der Waals surface area contributed by atoms with Crippen LogP contribution in [0.5, 0.6) is 0 Å². The van der Waals surface area contributed by atoms with Crippen molar-refractivity contribution >= 4 is 33.0 Å². The van der Waals surface area contributed by atoms with Crippen molar-refractivity contribution in [1.29, 1.82) is 0 Å². The van der Waals surface area contributed by atoms with Crippen LogP contribution in [0.3, 0.4) is 0 Å². The highest BCUT2D eigenvalue weighted by Gasteiger charge is 2.13. The lowest BCUT2D eigenvalue weighted by atomic mass is 10.2. The largest absolute Gasteiger partial charge is 0.345 e. The third-order valence-electron chi connectivity index (χ3n) is 3.52. The Labute approximate surface area is 147 Å². The Kier molecular flexibility index (Phi) is 4.82. The average Bonchev–Trinajstić information content (AvgIpc) is 2.96. The third-order valence-corrected chi connectivity index (χ3v) is 4.85. The molecule has 0 bridgehead atoms. The normalized spacial score (nSPS) is 11.2. The Morgan fingerprint density at radius 1 is 1.38 bits per heavy atom. The summed E-state index contributed by atoms with van der Waals surface area (Å²) in [4.78, 5) is 19.0. The van der Waals surface area contributed by atoms with Gasteiger partial charge in [0.1, 0.15) is 5.82 Å². The first-order chi connectivity index (χ1) is 11.5. The number of hydrogen-bond acceptors (Lipinski definition) is 5. The minimum absolute atomic E-state index is 0.0978. The summed E-state index contributed by atoms with van der Waals surface area (Å²) in [6.45, 7) is 2.49. The van der Waals surface area contributed by atoms with E-state index in [2.05, 4.69) is 10.1 Å². The van der Waals surface area contributed by atoms with E-state index in [1.807, 2.05) is 18.9 Å². The molecule has 5 nitrogen and oxygen atoms in total. The summed E-state index contributed by atoms with van der Waals surface area (Å²) in [7, 11) is 1.84. The molecule has 0 fully saturated rings. The first kappa shape index (κ1) is 16.9. The molecule has 2 aromatic heterocycles. The highest BCUT2D eigenvalue weighted by molar-refractivity contribution is 7.20. The second kappa shape index (κ2) is 6.86. The van der Waals surface area contributed by atoms with Crippen LogP contribution in [0.4, 0.5) is 9.52 Å². The van der Waals surface area contributed by atoms with Gasteiger partial charge in [0.25, 0.3) is 5.56 Å². The monoisotopic (exact) mass is 366 g/mol. The molecule has 0 saturated carbocycles. The van der Waals surface area contributed by atoms with Crippen LogP contribution in [0.1, 0.15) is 24.6 Å². The fourth-order valence-electron chi connectivity index (χ4n) is 2.36. The van der Waals surface area contributed by atoms with E-state index in [1.54, 1.807) is 6.07 Å². The Morgan fingerprint density at radius 3 is 2.88 bits per heavy atom. The minimum Gasteiger partial charge on any atom is -0.345 e. The van der Waals surface area contributed by atoms with Crippen molar-refractivity contribution in [2.24, 2.45) is 0 Å². The van der Waals surface area contributed by atoms with Crippen molar-refractivity contribution in [3.8, 4) is 0 Å². The molecule has 1 aromatic carbocycles. The number of aromatic nitrogens is 3. The Balaban J connectivity index is 1.89. The third kappa shape index (κ3) is 3.42. The predicted molar refractivity (Wildman–Crippen MR) is 94.6 cm³/mol. The molecule has 0 aliphatic rings. The van der Waals surface area contributed by atoms with Crippen LogP contribution >= 0.6 is 22.9 Å². The van der Waals surface area contributed by atoms with Gasteiger partial charge in [0.05, 0.1) is 5.02 Å². The van der Waals surface area contributed by atoms with Crippen LogP contribution in [0.25, 0.3) is 4.96 Å². The summed E-state index contributed by atoms with van der Waals surface area (Å²) < 4.78 is 14.9. The Bertz CT molecular complexity index is 939. The van der Waals surface area contributed by atoms with Gasteiger partial charge in [-0.2, -0.15) is 4.52 Å². The molecule has 2 heterocycles. The van der Waals surface area contributed by atoms with Gasteiger partial charge in [-0.05, 0) is 24.1 Å². The average molecular weight is 367 g/mol. The van der Waals surface area contributed by atoms with Gasteiger partial charge in [-0.3, -0.25) is 4.79 Å². The van der Waals surface area contributed by atoms with Crippen LogP contribution < -0.4 is 10.5 Å². The molecule has 0 radical (unpaired) electrons. The molecule has 0 unspecified atom stereocenters. The number of hydrogen-bond donors (Lipinski definition) is 0. The summed E-state index contributed by atoms with van der Waals surface area (Å²) in [5, 5.41) is 5.06. The molecule has 0 atom stereocenters. The Hall–Kier alpha value is -1.99. The van der Waals surface area contributed by atoms with Gasteiger partial charge < -0.3 is 4.90 Å². The summed E-state index contributed by atoms with van der Waals surface area (Å²) >= 11 is 7.03. The van der Waals surface area contributed by atoms with Crippen LogP contribution in [-0.2, 0) is 13.0 Å². The summed E-state index contributed by atoms with van der Waals surface area (Å²) in [6, 6.07) is 6.21. The maximum absolute atomic E-state index is 13.6. The lowest BCUT2D eigenvalue weighted by Gasteiger charge is -2.15. The standard InChI is InChI=1S/C16H16ClFN4OS/c1-3-4-11-8-14(23)22-15(19-11)24-16(20-22)21(2)9-10-5-6-12(17)13(18)7-10/h5-8H,3-4,9H2,1-2H3. The summed E-state index contributed by atoms with van der Waals surface area (Å²) in [5.74, 6) is -0.450. The molecular formula is C16H16ClFN4OS. The molecule has 0 amide bonds. The van der Waals surface area contributed by atoms with E-state index in [4.69, 9.17) is 11.6 Å². The van der Waals surface area contributed by atoms with Crippen molar-refractivity contribution in [2.45, 2.75) is 26.3 Å². The molecule has 0 spiro atoms. The predicted octanol–water partition coefficient (Wildman–Crippen LogP) is 3.53. The first-order valence-corrected chi connectivity index (χ1v) is 8.72. The number of anilines is 1. The molecular weight excluding hydrogens is 351 g/mol. The zero-order valence-electron chi connectivity index (χ0n) is 13.3. The smallest absolute Gasteiger partial charge is 0.275 e. The van der Waals surface area contributed by atoms with Crippen LogP contribution in [-0.4, -0.2) is 21.6 Å². The molecule has 24 heavy (non-hydrogen) atoms. The van der Waals surface area contributed by atoms with Gasteiger partial charge in [0.2, 0.25) is 10.1 Å². The second-order valence-corrected chi connectivity index (χ2v) is 6.86. The molecule has 126 valence electrons. The maximum atomic E-state index is 13.6. The summed E-state index contributed by atoms with van der Waals surface area (Å²) in [5.41, 5.74) is 1.36. The highest BCUT2D eigenvalue weighted by Crippen LogP contribution is 2.23. The SMILES string of the molecule is CCCc1cc(=O)n2nc(N(C)Cc3ccc(Cl)c(F)c3)sc2n1. The van der Waals surface area contributed by atoms with Crippen LogP contribution in [0.15, 0.2) is 29.1 Å². The molecule has 8 heteroatoms. The van der Waals surface area contributed by atoms with E-state index in [0.29, 0.717) is 16.6 Å². The van der Waals surface area contributed by atoms with Crippen molar-refractivity contribution in [2.75, 3.05) is 11.9 Å². The van der Waals surface area contributed by atoms with Gasteiger partial charge in [0.15, 0.2) is 0 Å². The van der Waals surface area contributed by atoms with E-state index < -0.39 is 5.82 Å².